The van der Waals surface area contributed by atoms with Crippen LogP contribution in [0.1, 0.15) is 316 Å². The molecule has 0 fully saturated rings. The summed E-state index contributed by atoms with van der Waals surface area (Å²) >= 11 is 0. The van der Waals surface area contributed by atoms with Crippen molar-refractivity contribution in [3.8, 4) is 0 Å². The average molecular weight is 1050 g/mol. The van der Waals surface area contributed by atoms with Gasteiger partial charge in [0.05, 0.1) is 0 Å². The van der Waals surface area contributed by atoms with Crippen LogP contribution in [0.25, 0.3) is 0 Å². The first-order valence-corrected chi connectivity index (χ1v) is 32.1. The van der Waals surface area contributed by atoms with Gasteiger partial charge in [-0.25, -0.2) is 0 Å². The van der Waals surface area contributed by atoms with E-state index in [0.29, 0.717) is 19.3 Å². The quantitative estimate of drug-likeness (QED) is 0.0261. The lowest BCUT2D eigenvalue weighted by molar-refractivity contribution is -0.167. The number of unbranched alkanes of at least 4 members (excludes halogenated alkanes) is 33. The van der Waals surface area contributed by atoms with Crippen molar-refractivity contribution >= 4 is 17.9 Å². The maximum Gasteiger partial charge on any atom is 0.306 e. The molecule has 0 aliphatic rings. The zero-order valence-electron chi connectivity index (χ0n) is 49.6. The molecular weight excluding hydrogens is 925 g/mol. The maximum absolute atomic E-state index is 12.9. The van der Waals surface area contributed by atoms with Gasteiger partial charge in [-0.3, -0.25) is 14.4 Å². The lowest BCUT2D eigenvalue weighted by Crippen LogP contribution is -2.30. The zero-order valence-corrected chi connectivity index (χ0v) is 49.6. The Hall–Kier alpha value is -3.41. The fourth-order valence-electron chi connectivity index (χ4n) is 9.16. The van der Waals surface area contributed by atoms with Gasteiger partial charge in [-0.2, -0.15) is 0 Å². The number of allylic oxidation sites excluding steroid dienone is 14. The van der Waals surface area contributed by atoms with E-state index in [0.717, 1.165) is 122 Å². The summed E-state index contributed by atoms with van der Waals surface area (Å²) in [6, 6.07) is 0. The second-order valence-corrected chi connectivity index (χ2v) is 21.3. The molecule has 0 aliphatic carbocycles. The van der Waals surface area contributed by atoms with Crippen molar-refractivity contribution < 1.29 is 28.6 Å². The summed E-state index contributed by atoms with van der Waals surface area (Å²) in [5, 5.41) is 0. The highest BCUT2D eigenvalue weighted by Gasteiger charge is 2.19. The molecule has 6 heteroatoms. The minimum atomic E-state index is -0.794. The third-order valence-electron chi connectivity index (χ3n) is 13.9. The number of carbonyl (C=O) groups excluding carboxylic acids is 3. The molecule has 0 saturated carbocycles. The molecule has 6 nitrogen and oxygen atoms in total. The standard InChI is InChI=1S/C69H120O6/c1-4-7-10-13-16-19-22-25-28-31-32-33-34-35-36-39-41-44-47-50-53-56-59-62-68(71)74-65-66(75-69(72)63-60-57-54-51-48-45-42-38-30-27-24-21-18-15-12-9-6-3)64-73-67(70)61-58-55-52-49-46-43-40-37-29-26-23-20-17-14-11-8-5-2/h8-9,11-12,17-18,20-21,26-27,29-30,42,45,66H,4-7,10,13-16,19,22-25,28,31-41,43-44,46-65H2,1-3H3/b11-8-,12-9-,20-17-,21-18-,29-26-,30-27-,45-42-. The second-order valence-electron chi connectivity index (χ2n) is 21.3. The molecule has 0 N–H and O–H groups in total. The Morgan fingerprint density at radius 2 is 0.520 bits per heavy atom. The third-order valence-corrected chi connectivity index (χ3v) is 13.9. The first-order chi connectivity index (χ1) is 37.0. The average Bonchev–Trinajstić information content (AvgIpc) is 3.41. The van der Waals surface area contributed by atoms with Gasteiger partial charge in [-0.15, -0.1) is 0 Å². The number of hydrogen-bond acceptors (Lipinski definition) is 6. The van der Waals surface area contributed by atoms with E-state index >= 15 is 0 Å². The fraction of sp³-hybridized carbons (Fsp3) is 0.754. The number of esters is 3. The summed E-state index contributed by atoms with van der Waals surface area (Å²) < 4.78 is 16.9. The normalized spacial score (nSPS) is 12.6. The Labute approximate surface area is 465 Å². The highest BCUT2D eigenvalue weighted by atomic mass is 16.6. The molecule has 1 atom stereocenters. The van der Waals surface area contributed by atoms with Crippen LogP contribution in [-0.2, 0) is 28.6 Å². The summed E-state index contributed by atoms with van der Waals surface area (Å²) in [4.78, 5) is 38.3. The van der Waals surface area contributed by atoms with Crippen molar-refractivity contribution in [1.82, 2.24) is 0 Å². The van der Waals surface area contributed by atoms with E-state index in [4.69, 9.17) is 14.2 Å². The fourth-order valence-corrected chi connectivity index (χ4v) is 9.16. The Morgan fingerprint density at radius 3 is 0.813 bits per heavy atom. The molecule has 0 heterocycles. The summed E-state index contributed by atoms with van der Waals surface area (Å²) in [5.41, 5.74) is 0. The monoisotopic (exact) mass is 1040 g/mol. The smallest absolute Gasteiger partial charge is 0.306 e. The molecule has 1 unspecified atom stereocenters. The van der Waals surface area contributed by atoms with Crippen LogP contribution in [0.15, 0.2) is 85.1 Å². The molecule has 0 aromatic rings. The van der Waals surface area contributed by atoms with E-state index in [2.05, 4.69) is 106 Å². The summed E-state index contributed by atoms with van der Waals surface area (Å²) in [6.45, 7) is 6.43. The zero-order chi connectivity index (χ0) is 54.3. The maximum atomic E-state index is 12.9. The van der Waals surface area contributed by atoms with E-state index in [-0.39, 0.29) is 31.1 Å². The van der Waals surface area contributed by atoms with Gasteiger partial charge in [-0.1, -0.05) is 292 Å². The van der Waals surface area contributed by atoms with Crippen molar-refractivity contribution in [3.05, 3.63) is 85.1 Å². The highest BCUT2D eigenvalue weighted by Crippen LogP contribution is 2.17. The van der Waals surface area contributed by atoms with Crippen LogP contribution in [0, 0.1) is 0 Å². The molecule has 0 amide bonds. The molecule has 432 valence electrons. The first kappa shape index (κ1) is 71.6. The molecule has 0 aromatic heterocycles. The molecule has 0 rings (SSSR count). The van der Waals surface area contributed by atoms with E-state index in [1.54, 1.807) is 0 Å². The molecule has 0 aromatic carbocycles. The largest absolute Gasteiger partial charge is 0.462 e. The van der Waals surface area contributed by atoms with Gasteiger partial charge < -0.3 is 14.2 Å². The Bertz CT molecular complexity index is 1430. The van der Waals surface area contributed by atoms with Crippen LogP contribution >= 0.6 is 0 Å². The van der Waals surface area contributed by atoms with E-state index in [1.165, 1.54) is 154 Å². The minimum Gasteiger partial charge on any atom is -0.462 e. The van der Waals surface area contributed by atoms with Crippen LogP contribution < -0.4 is 0 Å². The van der Waals surface area contributed by atoms with E-state index in [1.807, 2.05) is 0 Å². The second kappa shape index (κ2) is 63.1. The molecule has 0 aliphatic heterocycles. The van der Waals surface area contributed by atoms with Crippen LogP contribution in [0.5, 0.6) is 0 Å². The molecule has 0 radical (unpaired) electrons. The Morgan fingerprint density at radius 1 is 0.280 bits per heavy atom. The van der Waals surface area contributed by atoms with Crippen LogP contribution in [0.4, 0.5) is 0 Å². The van der Waals surface area contributed by atoms with Crippen molar-refractivity contribution in [2.75, 3.05) is 13.2 Å². The Kier molecular flexibility index (Phi) is 60.3. The number of hydrogen-bond donors (Lipinski definition) is 0. The Balaban J connectivity index is 4.36. The number of rotatable bonds is 58. The van der Waals surface area contributed by atoms with Gasteiger partial charge in [0.15, 0.2) is 6.10 Å². The topological polar surface area (TPSA) is 78.9 Å². The minimum absolute atomic E-state index is 0.0874. The van der Waals surface area contributed by atoms with Crippen molar-refractivity contribution in [2.45, 2.75) is 322 Å². The van der Waals surface area contributed by atoms with Gasteiger partial charge in [0.1, 0.15) is 13.2 Å². The van der Waals surface area contributed by atoms with Crippen LogP contribution in [0.2, 0.25) is 0 Å². The van der Waals surface area contributed by atoms with Crippen molar-refractivity contribution in [2.24, 2.45) is 0 Å². The highest BCUT2D eigenvalue weighted by molar-refractivity contribution is 5.71. The molecule has 0 bridgehead atoms. The van der Waals surface area contributed by atoms with Gasteiger partial charge in [0, 0.05) is 19.3 Å². The first-order valence-electron chi connectivity index (χ1n) is 32.1. The SMILES string of the molecule is CC/C=C\C/C=C\C/C=C\C/C=C\CCCCCCC(=O)OC(COC(=O)CCCCCCCCC/C=C\C/C=C\C/C=C\CC)COC(=O)CCCCCCCCCCCCCCCCCCCCCCCCC. The number of carbonyl (C=O) groups is 3. The van der Waals surface area contributed by atoms with E-state index < -0.39 is 6.10 Å². The lowest BCUT2D eigenvalue weighted by atomic mass is 10.0. The van der Waals surface area contributed by atoms with E-state index in [9.17, 15) is 14.4 Å². The van der Waals surface area contributed by atoms with Crippen LogP contribution in [0.3, 0.4) is 0 Å². The predicted molar refractivity (Wildman–Crippen MR) is 325 cm³/mol. The molecular formula is C69H120O6. The van der Waals surface area contributed by atoms with Crippen molar-refractivity contribution in [3.63, 3.8) is 0 Å². The third kappa shape index (κ3) is 61.3. The van der Waals surface area contributed by atoms with Crippen LogP contribution in [-0.4, -0.2) is 37.2 Å². The van der Waals surface area contributed by atoms with Crippen molar-refractivity contribution in [1.29, 1.82) is 0 Å². The van der Waals surface area contributed by atoms with Gasteiger partial charge in [-0.05, 0) is 89.9 Å². The lowest BCUT2D eigenvalue weighted by Gasteiger charge is -2.18. The summed E-state index contributed by atoms with van der Waals surface area (Å²) in [5.74, 6) is -0.908. The predicted octanol–water partition coefficient (Wildman–Crippen LogP) is 21.9. The van der Waals surface area contributed by atoms with Gasteiger partial charge >= 0.3 is 17.9 Å². The van der Waals surface area contributed by atoms with Gasteiger partial charge in [0.2, 0.25) is 0 Å². The summed E-state index contributed by atoms with van der Waals surface area (Å²) in [7, 11) is 0. The summed E-state index contributed by atoms with van der Waals surface area (Å²) in [6.07, 6.45) is 83.1. The molecule has 0 saturated heterocycles. The molecule has 0 spiro atoms. The van der Waals surface area contributed by atoms with Gasteiger partial charge in [0.25, 0.3) is 0 Å². The number of ether oxygens (including phenoxy) is 3. The molecule has 75 heavy (non-hydrogen) atoms.